The number of hydrogen-bond donors (Lipinski definition) is 2. The predicted molar refractivity (Wildman–Crippen MR) is 94.1 cm³/mol. The molecule has 2 amide bonds. The number of carbonyl (C=O) groups excluding carboxylic acids is 1. The van der Waals surface area contributed by atoms with Gasteiger partial charge < -0.3 is 15.4 Å². The first-order valence-electron chi connectivity index (χ1n) is 9.38. The smallest absolute Gasteiger partial charge is 0.315 e. The zero-order chi connectivity index (χ0) is 16.5. The van der Waals surface area contributed by atoms with Crippen molar-refractivity contribution in [2.24, 2.45) is 23.7 Å². The van der Waals surface area contributed by atoms with Gasteiger partial charge in [0, 0.05) is 12.6 Å². The zero-order valence-corrected chi connectivity index (χ0v) is 14.5. The second-order valence-electron chi connectivity index (χ2n) is 7.96. The van der Waals surface area contributed by atoms with Crippen LogP contribution in [0.1, 0.15) is 37.7 Å². The van der Waals surface area contributed by atoms with Crippen LogP contribution in [0.15, 0.2) is 24.3 Å². The Morgan fingerprint density at radius 3 is 2.50 bits per heavy atom. The molecule has 0 atom stereocenters. The normalized spacial score (nSPS) is 33.3. The van der Waals surface area contributed by atoms with Crippen LogP contribution in [0.2, 0.25) is 0 Å². The van der Waals surface area contributed by atoms with E-state index in [1.807, 2.05) is 18.2 Å². The number of methoxy groups -OCH3 is 1. The molecule has 130 valence electrons. The fourth-order valence-electron chi connectivity index (χ4n) is 5.51. The topological polar surface area (TPSA) is 50.4 Å². The van der Waals surface area contributed by atoms with Gasteiger partial charge in [0.2, 0.25) is 0 Å². The van der Waals surface area contributed by atoms with Gasteiger partial charge in [-0.05, 0) is 79.9 Å². The second kappa shape index (κ2) is 6.66. The van der Waals surface area contributed by atoms with Crippen LogP contribution >= 0.6 is 0 Å². The summed E-state index contributed by atoms with van der Waals surface area (Å²) in [4.78, 5) is 12.3. The van der Waals surface area contributed by atoms with Crippen LogP contribution in [0.25, 0.3) is 0 Å². The fourth-order valence-corrected chi connectivity index (χ4v) is 5.51. The number of benzene rings is 1. The highest BCUT2D eigenvalue weighted by Gasteiger charge is 2.48. The van der Waals surface area contributed by atoms with Gasteiger partial charge in [0.1, 0.15) is 5.75 Å². The predicted octanol–water partition coefficient (Wildman–Crippen LogP) is 3.36. The summed E-state index contributed by atoms with van der Waals surface area (Å²) < 4.78 is 5.24. The maximum atomic E-state index is 12.3. The SMILES string of the molecule is COc1cccc(CCNC(=O)NC2C3CC4CC(C3)CC2C4)c1. The first kappa shape index (κ1) is 15.8. The molecule has 24 heavy (non-hydrogen) atoms. The first-order chi connectivity index (χ1) is 11.7. The number of ether oxygens (including phenoxy) is 1. The molecule has 5 rings (SSSR count). The van der Waals surface area contributed by atoms with Gasteiger partial charge >= 0.3 is 6.03 Å². The zero-order valence-electron chi connectivity index (χ0n) is 14.5. The minimum Gasteiger partial charge on any atom is -0.497 e. The number of nitrogens with one attached hydrogen (secondary N) is 2. The van der Waals surface area contributed by atoms with Crippen LogP contribution in [0.5, 0.6) is 5.75 Å². The Hall–Kier alpha value is -1.71. The third-order valence-electron chi connectivity index (χ3n) is 6.36. The minimum absolute atomic E-state index is 0.00960. The summed E-state index contributed by atoms with van der Waals surface area (Å²) in [5.41, 5.74) is 1.18. The quantitative estimate of drug-likeness (QED) is 0.871. The Morgan fingerprint density at radius 2 is 1.83 bits per heavy atom. The van der Waals surface area contributed by atoms with E-state index in [9.17, 15) is 4.79 Å². The molecular formula is C20H28N2O2. The van der Waals surface area contributed by atoms with Crippen molar-refractivity contribution in [2.75, 3.05) is 13.7 Å². The molecule has 1 aromatic carbocycles. The molecule has 1 aromatic rings. The molecule has 4 bridgehead atoms. The molecule has 0 spiro atoms. The van der Waals surface area contributed by atoms with Gasteiger partial charge in [-0.3, -0.25) is 0 Å². The maximum absolute atomic E-state index is 12.3. The molecule has 4 heteroatoms. The van der Waals surface area contributed by atoms with Crippen LogP contribution in [0.4, 0.5) is 4.79 Å². The fraction of sp³-hybridized carbons (Fsp3) is 0.650. The molecule has 4 nitrogen and oxygen atoms in total. The highest BCUT2D eigenvalue weighted by molar-refractivity contribution is 5.74. The van der Waals surface area contributed by atoms with E-state index in [0.29, 0.717) is 12.6 Å². The van der Waals surface area contributed by atoms with Crippen molar-refractivity contribution in [3.8, 4) is 5.75 Å². The molecule has 0 heterocycles. The van der Waals surface area contributed by atoms with Crippen LogP contribution in [-0.4, -0.2) is 25.7 Å². The van der Waals surface area contributed by atoms with Gasteiger partial charge in [0.05, 0.1) is 7.11 Å². The molecule has 0 aliphatic heterocycles. The second-order valence-corrected chi connectivity index (χ2v) is 7.96. The Bertz CT molecular complexity index is 573. The van der Waals surface area contributed by atoms with Crippen molar-refractivity contribution >= 4 is 6.03 Å². The summed E-state index contributed by atoms with van der Waals surface area (Å²) in [6, 6.07) is 8.45. The van der Waals surface area contributed by atoms with Crippen LogP contribution in [0, 0.1) is 23.7 Å². The lowest BCUT2D eigenvalue weighted by Gasteiger charge is -2.54. The van der Waals surface area contributed by atoms with Crippen molar-refractivity contribution < 1.29 is 9.53 Å². The average molecular weight is 328 g/mol. The molecule has 4 aliphatic carbocycles. The molecule has 0 aromatic heterocycles. The highest BCUT2D eigenvalue weighted by atomic mass is 16.5. The molecule has 0 radical (unpaired) electrons. The molecule has 0 saturated heterocycles. The van der Waals surface area contributed by atoms with Gasteiger partial charge in [0.15, 0.2) is 0 Å². The highest BCUT2D eigenvalue weighted by Crippen LogP contribution is 2.53. The van der Waals surface area contributed by atoms with Gasteiger partial charge in [-0.2, -0.15) is 0 Å². The van der Waals surface area contributed by atoms with E-state index in [1.165, 1.54) is 37.7 Å². The van der Waals surface area contributed by atoms with Crippen molar-refractivity contribution in [1.29, 1.82) is 0 Å². The van der Waals surface area contributed by atoms with Crippen LogP contribution in [-0.2, 0) is 6.42 Å². The van der Waals surface area contributed by atoms with Gasteiger partial charge in [-0.1, -0.05) is 12.1 Å². The van der Waals surface area contributed by atoms with Gasteiger partial charge in [-0.25, -0.2) is 4.79 Å². The lowest BCUT2D eigenvalue weighted by Crippen LogP contribution is -2.57. The van der Waals surface area contributed by atoms with E-state index in [-0.39, 0.29) is 6.03 Å². The van der Waals surface area contributed by atoms with E-state index in [4.69, 9.17) is 4.74 Å². The summed E-state index contributed by atoms with van der Waals surface area (Å²) >= 11 is 0. The monoisotopic (exact) mass is 328 g/mol. The summed E-state index contributed by atoms with van der Waals surface area (Å²) in [6.07, 6.45) is 7.62. The van der Waals surface area contributed by atoms with E-state index in [1.54, 1.807) is 7.11 Å². The summed E-state index contributed by atoms with van der Waals surface area (Å²) in [7, 11) is 1.68. The molecule has 4 aliphatic rings. The van der Waals surface area contributed by atoms with E-state index in [2.05, 4.69) is 16.7 Å². The van der Waals surface area contributed by atoms with Crippen LogP contribution < -0.4 is 15.4 Å². The Morgan fingerprint density at radius 1 is 1.12 bits per heavy atom. The van der Waals surface area contributed by atoms with Crippen molar-refractivity contribution in [2.45, 2.75) is 44.6 Å². The summed E-state index contributed by atoms with van der Waals surface area (Å²) in [6.45, 7) is 0.659. The largest absolute Gasteiger partial charge is 0.497 e. The Balaban J connectivity index is 1.25. The third kappa shape index (κ3) is 3.24. The lowest BCUT2D eigenvalue weighted by atomic mass is 9.54. The first-order valence-corrected chi connectivity index (χ1v) is 9.38. The van der Waals surface area contributed by atoms with Crippen molar-refractivity contribution in [3.63, 3.8) is 0 Å². The molecule has 4 fully saturated rings. The number of amides is 2. The summed E-state index contributed by atoms with van der Waals surface area (Å²) in [5.74, 6) is 4.21. The molecule has 4 saturated carbocycles. The number of carbonyl (C=O) groups is 1. The van der Waals surface area contributed by atoms with Crippen molar-refractivity contribution in [1.82, 2.24) is 10.6 Å². The van der Waals surface area contributed by atoms with E-state index >= 15 is 0 Å². The minimum atomic E-state index is 0.00960. The summed E-state index contributed by atoms with van der Waals surface area (Å²) in [5, 5.41) is 6.33. The lowest BCUT2D eigenvalue weighted by molar-refractivity contribution is -0.00940. The molecule has 2 N–H and O–H groups in total. The Kier molecular flexibility index (Phi) is 4.38. The average Bonchev–Trinajstić information content (AvgIpc) is 2.58. The van der Waals surface area contributed by atoms with Crippen molar-refractivity contribution in [3.05, 3.63) is 29.8 Å². The van der Waals surface area contributed by atoms with Crippen LogP contribution in [0.3, 0.4) is 0 Å². The Labute approximate surface area is 144 Å². The van der Waals surface area contributed by atoms with E-state index in [0.717, 1.165) is 35.8 Å². The maximum Gasteiger partial charge on any atom is 0.315 e. The van der Waals surface area contributed by atoms with E-state index < -0.39 is 0 Å². The standard InChI is InChI=1S/C20H28N2O2/c1-24-18-4-2-3-13(12-18)5-6-21-20(23)22-19-16-8-14-7-15(10-16)11-17(19)9-14/h2-4,12,14-17,19H,5-11H2,1H3,(H2,21,22,23). The number of urea groups is 1. The third-order valence-corrected chi connectivity index (χ3v) is 6.36. The number of hydrogen-bond acceptors (Lipinski definition) is 2. The molecule has 0 unspecified atom stereocenters. The molecular weight excluding hydrogens is 300 g/mol. The number of rotatable bonds is 5. The van der Waals surface area contributed by atoms with Gasteiger partial charge in [0.25, 0.3) is 0 Å². The van der Waals surface area contributed by atoms with Gasteiger partial charge in [-0.15, -0.1) is 0 Å².